The Morgan fingerprint density at radius 3 is 2.52 bits per heavy atom. The van der Waals surface area contributed by atoms with Crippen molar-refractivity contribution in [2.75, 3.05) is 23.3 Å². The molecule has 2 aromatic rings. The summed E-state index contributed by atoms with van der Waals surface area (Å²) in [5, 5.41) is 2.62. The lowest BCUT2D eigenvalue weighted by Crippen LogP contribution is -2.28. The molecule has 0 aromatic heterocycles. The van der Waals surface area contributed by atoms with Crippen LogP contribution in [-0.4, -0.2) is 33.3 Å². The summed E-state index contributed by atoms with van der Waals surface area (Å²) in [6.07, 6.45) is -3.66. The molecule has 0 aliphatic carbocycles. The van der Waals surface area contributed by atoms with Gasteiger partial charge in [0.05, 0.1) is 10.5 Å². The zero-order chi connectivity index (χ0) is 22.6. The van der Waals surface area contributed by atoms with Crippen LogP contribution < -0.4 is 14.9 Å². The highest BCUT2D eigenvalue weighted by molar-refractivity contribution is 7.89. The van der Waals surface area contributed by atoms with Crippen molar-refractivity contribution in [1.82, 2.24) is 4.72 Å². The van der Waals surface area contributed by atoms with Crippen LogP contribution in [0.2, 0.25) is 0 Å². The van der Waals surface area contributed by atoms with E-state index in [2.05, 4.69) is 10.0 Å². The van der Waals surface area contributed by atoms with Crippen molar-refractivity contribution < 1.29 is 31.2 Å². The monoisotopic (exact) mass is 455 g/mol. The zero-order valence-corrected chi connectivity index (χ0v) is 17.1. The molecule has 7 nitrogen and oxygen atoms in total. The molecule has 0 unspecified atom stereocenters. The summed E-state index contributed by atoms with van der Waals surface area (Å²) in [5.41, 5.74) is 0.0259. The third-order valence-corrected chi connectivity index (χ3v) is 6.09. The molecule has 2 amide bonds. The zero-order valence-electron chi connectivity index (χ0n) is 16.3. The molecule has 2 N–H and O–H groups in total. The van der Waals surface area contributed by atoms with Crippen molar-refractivity contribution in [2.24, 2.45) is 0 Å². The molecule has 1 aliphatic heterocycles. The Bertz CT molecular complexity index is 1090. The summed E-state index contributed by atoms with van der Waals surface area (Å²) < 4.78 is 64.9. The normalized spacial score (nSPS) is 14.7. The van der Waals surface area contributed by atoms with Crippen molar-refractivity contribution in [3.8, 4) is 0 Å². The molecular weight excluding hydrogens is 435 g/mol. The summed E-state index contributed by atoms with van der Waals surface area (Å²) in [7, 11) is -4.21. The fourth-order valence-electron chi connectivity index (χ4n) is 3.12. The highest BCUT2D eigenvalue weighted by Gasteiger charge is 2.31. The van der Waals surface area contributed by atoms with Crippen LogP contribution in [-0.2, 0) is 25.8 Å². The van der Waals surface area contributed by atoms with E-state index >= 15 is 0 Å². The van der Waals surface area contributed by atoms with E-state index in [0.717, 1.165) is 24.6 Å². The largest absolute Gasteiger partial charge is 0.416 e. The number of anilines is 2. The standard InChI is InChI=1S/C20H20F3N3O4S/c21-20(22,23)14-4-1-7-17(12-14)31(29,30)24-10-9-18(27)25-15-5-2-6-16(13-15)26-11-3-8-19(26)28/h1-2,4-7,12-13,24H,3,8-11H2,(H,25,27). The third kappa shape index (κ3) is 5.82. The van der Waals surface area contributed by atoms with Gasteiger partial charge in [0.1, 0.15) is 0 Å². The first-order chi connectivity index (χ1) is 14.6. The molecule has 1 fully saturated rings. The number of hydrogen-bond acceptors (Lipinski definition) is 4. The van der Waals surface area contributed by atoms with E-state index in [0.29, 0.717) is 30.4 Å². The molecule has 2 aromatic carbocycles. The number of rotatable bonds is 7. The Labute approximate surface area is 177 Å². The Kier molecular flexibility index (Phi) is 6.65. The maximum absolute atomic E-state index is 12.8. The molecule has 1 saturated heterocycles. The van der Waals surface area contributed by atoms with Crippen LogP contribution in [0.15, 0.2) is 53.4 Å². The number of nitrogens with one attached hydrogen (secondary N) is 2. The van der Waals surface area contributed by atoms with E-state index in [4.69, 9.17) is 0 Å². The molecule has 31 heavy (non-hydrogen) atoms. The van der Waals surface area contributed by atoms with Gasteiger partial charge in [0.25, 0.3) is 0 Å². The van der Waals surface area contributed by atoms with Crippen molar-refractivity contribution in [3.05, 3.63) is 54.1 Å². The fraction of sp³-hybridized carbons (Fsp3) is 0.300. The number of halogens is 3. The van der Waals surface area contributed by atoms with Crippen molar-refractivity contribution >= 4 is 33.2 Å². The van der Waals surface area contributed by atoms with Crippen molar-refractivity contribution in [2.45, 2.75) is 30.3 Å². The number of sulfonamides is 1. The fourth-order valence-corrected chi connectivity index (χ4v) is 4.20. The number of nitrogens with zero attached hydrogens (tertiary/aromatic N) is 1. The molecular formula is C20H20F3N3O4S. The minimum Gasteiger partial charge on any atom is -0.326 e. The minimum absolute atomic E-state index is 0.00692. The Morgan fingerprint density at radius 2 is 1.84 bits per heavy atom. The first kappa shape index (κ1) is 22.8. The topological polar surface area (TPSA) is 95.6 Å². The molecule has 11 heteroatoms. The summed E-state index contributed by atoms with van der Waals surface area (Å²) in [4.78, 5) is 25.1. The lowest BCUT2D eigenvalue weighted by Gasteiger charge is -2.16. The average Bonchev–Trinajstić information content (AvgIpc) is 3.13. The summed E-state index contributed by atoms with van der Waals surface area (Å²) in [6, 6.07) is 10.1. The second-order valence-electron chi connectivity index (χ2n) is 6.92. The van der Waals surface area contributed by atoms with Crippen molar-refractivity contribution in [1.29, 1.82) is 0 Å². The Morgan fingerprint density at radius 1 is 1.10 bits per heavy atom. The predicted octanol–water partition coefficient (Wildman–Crippen LogP) is 3.14. The van der Waals surface area contributed by atoms with E-state index in [1.165, 1.54) is 0 Å². The Hall–Kier alpha value is -2.92. The molecule has 0 spiro atoms. The molecule has 1 aliphatic rings. The van der Waals surface area contributed by atoms with Gasteiger partial charge in [-0.15, -0.1) is 0 Å². The quantitative estimate of drug-likeness (QED) is 0.671. The maximum Gasteiger partial charge on any atom is 0.416 e. The summed E-state index contributed by atoms with van der Waals surface area (Å²) in [6.45, 7) is 0.308. The molecule has 0 bridgehead atoms. The van der Waals surface area contributed by atoms with Gasteiger partial charge in [-0.2, -0.15) is 13.2 Å². The molecule has 0 radical (unpaired) electrons. The minimum atomic E-state index is -4.67. The second-order valence-corrected chi connectivity index (χ2v) is 8.69. The van der Waals surface area contributed by atoms with Gasteiger partial charge in [-0.1, -0.05) is 12.1 Å². The van der Waals surface area contributed by atoms with E-state index in [1.807, 2.05) is 0 Å². The number of hydrogen-bond donors (Lipinski definition) is 2. The first-order valence-corrected chi connectivity index (χ1v) is 10.9. The number of benzene rings is 2. The van der Waals surface area contributed by atoms with E-state index in [1.54, 1.807) is 29.2 Å². The highest BCUT2D eigenvalue weighted by Crippen LogP contribution is 2.30. The van der Waals surface area contributed by atoms with Crippen LogP contribution in [0.1, 0.15) is 24.8 Å². The first-order valence-electron chi connectivity index (χ1n) is 9.43. The smallest absolute Gasteiger partial charge is 0.326 e. The van der Waals surface area contributed by atoms with Gasteiger partial charge < -0.3 is 10.2 Å². The Balaban J connectivity index is 1.56. The molecule has 3 rings (SSSR count). The van der Waals surface area contributed by atoms with E-state index in [-0.39, 0.29) is 18.9 Å². The van der Waals surface area contributed by atoms with Crippen LogP contribution in [0.4, 0.5) is 24.5 Å². The highest BCUT2D eigenvalue weighted by atomic mass is 32.2. The van der Waals surface area contributed by atoms with Gasteiger partial charge in [-0.25, -0.2) is 13.1 Å². The van der Waals surface area contributed by atoms with Crippen LogP contribution in [0.25, 0.3) is 0 Å². The summed E-state index contributed by atoms with van der Waals surface area (Å²) >= 11 is 0. The second kappa shape index (κ2) is 9.06. The van der Waals surface area contributed by atoms with Crippen LogP contribution in [0, 0.1) is 0 Å². The van der Waals surface area contributed by atoms with Gasteiger partial charge in [0.2, 0.25) is 21.8 Å². The van der Waals surface area contributed by atoms with Gasteiger partial charge in [0, 0.05) is 37.3 Å². The molecule has 0 atom stereocenters. The number of alkyl halides is 3. The van der Waals surface area contributed by atoms with Crippen LogP contribution in [0.3, 0.4) is 0 Å². The van der Waals surface area contributed by atoms with Gasteiger partial charge in [-0.05, 0) is 42.8 Å². The summed E-state index contributed by atoms with van der Waals surface area (Å²) in [5.74, 6) is -0.482. The lowest BCUT2D eigenvalue weighted by molar-refractivity contribution is -0.137. The van der Waals surface area contributed by atoms with E-state index in [9.17, 15) is 31.2 Å². The molecule has 166 valence electrons. The number of carbonyl (C=O) groups is 2. The van der Waals surface area contributed by atoms with Gasteiger partial charge in [0.15, 0.2) is 0 Å². The average molecular weight is 455 g/mol. The SMILES string of the molecule is O=C(CCNS(=O)(=O)c1cccc(C(F)(F)F)c1)Nc1cccc(N2CCCC2=O)c1. The number of carbonyl (C=O) groups excluding carboxylic acids is 2. The molecule has 1 heterocycles. The maximum atomic E-state index is 12.8. The third-order valence-electron chi connectivity index (χ3n) is 4.63. The van der Waals surface area contributed by atoms with Crippen LogP contribution in [0.5, 0.6) is 0 Å². The predicted molar refractivity (Wildman–Crippen MR) is 108 cm³/mol. The van der Waals surface area contributed by atoms with Crippen LogP contribution >= 0.6 is 0 Å². The van der Waals surface area contributed by atoms with Gasteiger partial charge >= 0.3 is 6.18 Å². The number of amides is 2. The lowest BCUT2D eigenvalue weighted by atomic mass is 10.2. The van der Waals surface area contributed by atoms with E-state index < -0.39 is 32.6 Å². The van der Waals surface area contributed by atoms with Gasteiger partial charge in [-0.3, -0.25) is 9.59 Å². The molecule has 0 saturated carbocycles. The van der Waals surface area contributed by atoms with Crippen molar-refractivity contribution in [3.63, 3.8) is 0 Å².